The van der Waals surface area contributed by atoms with Crippen molar-refractivity contribution >= 4 is 23.5 Å². The summed E-state index contributed by atoms with van der Waals surface area (Å²) in [5, 5.41) is 12.9. The van der Waals surface area contributed by atoms with Crippen molar-refractivity contribution in [2.45, 2.75) is 13.8 Å². The van der Waals surface area contributed by atoms with E-state index in [0.717, 1.165) is 0 Å². The van der Waals surface area contributed by atoms with Gasteiger partial charge in [-0.1, -0.05) is 13.8 Å². The standard InChI is InChI=1S/C14H17N5O2/c1-9(2)12(20)16-11-6-4-10(5-7-11)13(21)17-14-18-15-8-19(14)3/h4-9H,1-3H3,(H,16,20)(H,17,18,21). The number of carbonyl (C=O) groups excluding carboxylic acids is 2. The Labute approximate surface area is 122 Å². The van der Waals surface area contributed by atoms with Gasteiger partial charge in [-0.2, -0.15) is 0 Å². The summed E-state index contributed by atoms with van der Waals surface area (Å²) in [6, 6.07) is 6.65. The molecule has 2 N–H and O–H groups in total. The van der Waals surface area contributed by atoms with Gasteiger partial charge in [0.2, 0.25) is 11.9 Å². The summed E-state index contributed by atoms with van der Waals surface area (Å²) in [5.41, 5.74) is 1.13. The Bertz CT molecular complexity index is 646. The summed E-state index contributed by atoms with van der Waals surface area (Å²) in [6.07, 6.45) is 1.50. The van der Waals surface area contributed by atoms with E-state index in [9.17, 15) is 9.59 Å². The third-order valence-corrected chi connectivity index (χ3v) is 2.88. The van der Waals surface area contributed by atoms with Crippen LogP contribution >= 0.6 is 0 Å². The Morgan fingerprint density at radius 3 is 2.33 bits per heavy atom. The first-order chi connectivity index (χ1) is 9.97. The minimum atomic E-state index is -0.284. The summed E-state index contributed by atoms with van der Waals surface area (Å²) in [5.74, 6) is -0.0693. The lowest BCUT2D eigenvalue weighted by molar-refractivity contribution is -0.118. The van der Waals surface area contributed by atoms with E-state index in [1.165, 1.54) is 6.33 Å². The largest absolute Gasteiger partial charge is 0.326 e. The Kier molecular flexibility index (Phi) is 4.32. The minimum absolute atomic E-state index is 0.0636. The second-order valence-electron chi connectivity index (χ2n) is 4.94. The van der Waals surface area contributed by atoms with E-state index in [1.807, 2.05) is 13.8 Å². The summed E-state index contributed by atoms with van der Waals surface area (Å²) >= 11 is 0. The first-order valence-corrected chi connectivity index (χ1v) is 6.53. The molecule has 0 radical (unpaired) electrons. The lowest BCUT2D eigenvalue weighted by atomic mass is 10.1. The highest BCUT2D eigenvalue weighted by Gasteiger charge is 2.10. The smallest absolute Gasteiger partial charge is 0.258 e. The molecule has 21 heavy (non-hydrogen) atoms. The zero-order valence-corrected chi connectivity index (χ0v) is 12.1. The first kappa shape index (κ1) is 14.7. The van der Waals surface area contributed by atoms with Gasteiger partial charge in [-0.25, -0.2) is 0 Å². The van der Waals surface area contributed by atoms with Gasteiger partial charge in [0.1, 0.15) is 6.33 Å². The molecule has 2 amide bonds. The second kappa shape index (κ2) is 6.17. The van der Waals surface area contributed by atoms with Crippen molar-refractivity contribution in [1.82, 2.24) is 14.8 Å². The topological polar surface area (TPSA) is 88.9 Å². The van der Waals surface area contributed by atoms with Gasteiger partial charge >= 0.3 is 0 Å². The molecule has 0 aliphatic carbocycles. The predicted octanol–water partition coefficient (Wildman–Crippen LogP) is 1.66. The lowest BCUT2D eigenvalue weighted by Gasteiger charge is -2.08. The lowest BCUT2D eigenvalue weighted by Crippen LogP contribution is -2.18. The zero-order chi connectivity index (χ0) is 15.4. The molecule has 1 aromatic carbocycles. The fourth-order valence-corrected chi connectivity index (χ4v) is 1.56. The van der Waals surface area contributed by atoms with E-state index in [4.69, 9.17) is 0 Å². The summed E-state index contributed by atoms with van der Waals surface area (Å²) in [4.78, 5) is 23.6. The van der Waals surface area contributed by atoms with Crippen LogP contribution in [0.4, 0.5) is 11.6 Å². The van der Waals surface area contributed by atoms with Crippen LogP contribution < -0.4 is 10.6 Å². The zero-order valence-electron chi connectivity index (χ0n) is 12.1. The third-order valence-electron chi connectivity index (χ3n) is 2.88. The van der Waals surface area contributed by atoms with Crippen molar-refractivity contribution in [2.24, 2.45) is 13.0 Å². The van der Waals surface area contributed by atoms with E-state index in [0.29, 0.717) is 17.2 Å². The number of nitrogens with zero attached hydrogens (tertiary/aromatic N) is 3. The van der Waals surface area contributed by atoms with E-state index >= 15 is 0 Å². The molecule has 0 saturated carbocycles. The number of aromatic nitrogens is 3. The second-order valence-corrected chi connectivity index (χ2v) is 4.94. The Hall–Kier alpha value is -2.70. The van der Waals surface area contributed by atoms with Crippen molar-refractivity contribution < 1.29 is 9.59 Å². The fourth-order valence-electron chi connectivity index (χ4n) is 1.56. The van der Waals surface area contributed by atoms with Crippen LogP contribution in [0.5, 0.6) is 0 Å². The van der Waals surface area contributed by atoms with E-state index in [-0.39, 0.29) is 17.7 Å². The van der Waals surface area contributed by atoms with Crippen molar-refractivity contribution in [1.29, 1.82) is 0 Å². The molecule has 1 heterocycles. The fraction of sp³-hybridized carbons (Fsp3) is 0.286. The van der Waals surface area contributed by atoms with Crippen LogP contribution in [0.2, 0.25) is 0 Å². The molecule has 2 rings (SSSR count). The van der Waals surface area contributed by atoms with Gasteiger partial charge in [0.15, 0.2) is 0 Å². The predicted molar refractivity (Wildman–Crippen MR) is 78.9 cm³/mol. The maximum Gasteiger partial charge on any atom is 0.258 e. The van der Waals surface area contributed by atoms with Crippen LogP contribution in [0.15, 0.2) is 30.6 Å². The molecule has 2 aromatic rings. The SMILES string of the molecule is CC(C)C(=O)Nc1ccc(C(=O)Nc2nncn2C)cc1. The van der Waals surface area contributed by atoms with Crippen LogP contribution in [-0.2, 0) is 11.8 Å². The Morgan fingerprint density at radius 1 is 1.14 bits per heavy atom. The molecule has 0 atom stereocenters. The number of aryl methyl sites for hydroxylation is 1. The number of nitrogens with one attached hydrogen (secondary N) is 2. The first-order valence-electron chi connectivity index (χ1n) is 6.53. The van der Waals surface area contributed by atoms with E-state index in [2.05, 4.69) is 20.8 Å². The van der Waals surface area contributed by atoms with Gasteiger partial charge in [0, 0.05) is 24.2 Å². The monoisotopic (exact) mass is 287 g/mol. The molecular formula is C14H17N5O2. The molecule has 0 saturated heterocycles. The number of amides is 2. The molecule has 0 unspecified atom stereocenters. The number of hydrogen-bond acceptors (Lipinski definition) is 4. The molecule has 7 heteroatoms. The van der Waals surface area contributed by atoms with E-state index in [1.54, 1.807) is 35.9 Å². The molecule has 0 spiro atoms. The molecule has 0 fully saturated rings. The van der Waals surface area contributed by atoms with Gasteiger partial charge in [-0.15, -0.1) is 10.2 Å². The third kappa shape index (κ3) is 3.65. The summed E-state index contributed by atoms with van der Waals surface area (Å²) < 4.78 is 1.61. The molecule has 0 aliphatic heterocycles. The number of benzene rings is 1. The van der Waals surface area contributed by atoms with Crippen molar-refractivity contribution in [3.8, 4) is 0 Å². The van der Waals surface area contributed by atoms with Crippen LogP contribution in [0.3, 0.4) is 0 Å². The number of anilines is 2. The average molecular weight is 287 g/mol. The van der Waals surface area contributed by atoms with Crippen LogP contribution in [0.1, 0.15) is 24.2 Å². The highest BCUT2D eigenvalue weighted by molar-refractivity contribution is 6.03. The number of rotatable bonds is 4. The van der Waals surface area contributed by atoms with Crippen LogP contribution in [-0.4, -0.2) is 26.6 Å². The van der Waals surface area contributed by atoms with E-state index < -0.39 is 0 Å². The van der Waals surface area contributed by atoms with Crippen molar-refractivity contribution in [3.05, 3.63) is 36.2 Å². The quantitative estimate of drug-likeness (QED) is 0.895. The molecule has 1 aromatic heterocycles. The maximum absolute atomic E-state index is 12.0. The van der Waals surface area contributed by atoms with Crippen molar-refractivity contribution in [3.63, 3.8) is 0 Å². The highest BCUT2D eigenvalue weighted by Crippen LogP contribution is 2.12. The van der Waals surface area contributed by atoms with Gasteiger partial charge < -0.3 is 9.88 Å². The number of hydrogen-bond donors (Lipinski definition) is 2. The molecular weight excluding hydrogens is 270 g/mol. The van der Waals surface area contributed by atoms with Crippen LogP contribution in [0.25, 0.3) is 0 Å². The average Bonchev–Trinajstić information content (AvgIpc) is 2.85. The van der Waals surface area contributed by atoms with Crippen LogP contribution in [0, 0.1) is 5.92 Å². The normalized spacial score (nSPS) is 10.5. The Morgan fingerprint density at radius 2 is 1.81 bits per heavy atom. The summed E-state index contributed by atoms with van der Waals surface area (Å²) in [6.45, 7) is 3.64. The maximum atomic E-state index is 12.0. The van der Waals surface area contributed by atoms with Gasteiger partial charge in [0.25, 0.3) is 5.91 Å². The minimum Gasteiger partial charge on any atom is -0.326 e. The molecule has 0 aliphatic rings. The number of carbonyl (C=O) groups is 2. The molecule has 7 nitrogen and oxygen atoms in total. The van der Waals surface area contributed by atoms with Gasteiger partial charge in [-0.05, 0) is 24.3 Å². The van der Waals surface area contributed by atoms with Gasteiger partial charge in [0.05, 0.1) is 0 Å². The molecule has 0 bridgehead atoms. The Balaban J connectivity index is 2.03. The van der Waals surface area contributed by atoms with Crippen molar-refractivity contribution in [2.75, 3.05) is 10.6 Å². The van der Waals surface area contributed by atoms with Gasteiger partial charge in [-0.3, -0.25) is 14.9 Å². The molecule has 110 valence electrons. The summed E-state index contributed by atoms with van der Waals surface area (Å²) in [7, 11) is 1.74. The highest BCUT2D eigenvalue weighted by atomic mass is 16.2.